The van der Waals surface area contributed by atoms with E-state index < -0.39 is 13.0 Å². The number of aromatic hydroxyl groups is 1. The molecule has 2 fully saturated rings. The van der Waals surface area contributed by atoms with Crippen LogP contribution in [0.2, 0.25) is 6.32 Å². The van der Waals surface area contributed by atoms with E-state index in [-0.39, 0.29) is 35.5 Å². The van der Waals surface area contributed by atoms with Gasteiger partial charge in [-0.05, 0) is 78.7 Å². The number of amides is 2. The summed E-state index contributed by atoms with van der Waals surface area (Å²) in [6.45, 7) is 4.58. The van der Waals surface area contributed by atoms with Gasteiger partial charge in [0.05, 0.1) is 17.9 Å². The van der Waals surface area contributed by atoms with E-state index in [2.05, 4.69) is 25.1 Å². The van der Waals surface area contributed by atoms with Crippen molar-refractivity contribution in [1.29, 1.82) is 0 Å². The molecule has 3 aliphatic rings. The van der Waals surface area contributed by atoms with E-state index in [4.69, 9.17) is 4.65 Å². The minimum Gasteiger partial charge on any atom is -0.508 e. The molecule has 0 unspecified atom stereocenters. The lowest BCUT2D eigenvalue weighted by molar-refractivity contribution is -0.140. The largest absolute Gasteiger partial charge is 0.508 e. The van der Waals surface area contributed by atoms with Gasteiger partial charge in [-0.2, -0.15) is 0 Å². The maximum atomic E-state index is 13.5. The van der Waals surface area contributed by atoms with Gasteiger partial charge in [-0.1, -0.05) is 74.4 Å². The summed E-state index contributed by atoms with van der Waals surface area (Å²) in [5, 5.41) is 20.5. The molecule has 2 aromatic rings. The lowest BCUT2D eigenvalue weighted by atomic mass is 9.58. The molecule has 2 aliphatic heterocycles. The number of rotatable bonds is 9. The molecule has 1 aliphatic carbocycles. The van der Waals surface area contributed by atoms with E-state index in [0.717, 1.165) is 41.5 Å². The summed E-state index contributed by atoms with van der Waals surface area (Å²) in [6, 6.07) is 17.4. The van der Waals surface area contributed by atoms with E-state index in [1.165, 1.54) is 10.5 Å². The van der Waals surface area contributed by atoms with E-state index in [0.29, 0.717) is 32.1 Å². The van der Waals surface area contributed by atoms with E-state index in [9.17, 15) is 19.7 Å². The third-order valence-electron chi connectivity index (χ3n) is 8.45. The Bertz CT molecular complexity index is 1260. The normalized spacial score (nSPS) is 25.3. The predicted molar refractivity (Wildman–Crippen MR) is 153 cm³/mol. The molecule has 2 N–H and O–H groups in total. The summed E-state index contributed by atoms with van der Waals surface area (Å²) in [5.41, 5.74) is 5.63. The molecule has 7 heteroatoms. The maximum absolute atomic E-state index is 13.5. The van der Waals surface area contributed by atoms with Gasteiger partial charge < -0.3 is 14.8 Å². The Morgan fingerprint density at radius 3 is 2.46 bits per heavy atom. The fourth-order valence-corrected chi connectivity index (χ4v) is 6.82. The zero-order valence-electron chi connectivity index (χ0n) is 22.9. The molecule has 2 amide bonds. The number of benzene rings is 2. The number of hydrogen-bond donors (Lipinski definition) is 2. The van der Waals surface area contributed by atoms with Gasteiger partial charge in [0.1, 0.15) is 5.75 Å². The molecule has 0 spiro atoms. The van der Waals surface area contributed by atoms with Crippen LogP contribution in [0, 0.1) is 17.8 Å². The van der Waals surface area contributed by atoms with Crippen LogP contribution < -0.4 is 0 Å². The zero-order chi connectivity index (χ0) is 27.5. The molecule has 2 heterocycles. The average Bonchev–Trinajstić information content (AvgIpc) is 3.17. The van der Waals surface area contributed by atoms with Gasteiger partial charge in [0.2, 0.25) is 11.8 Å². The topological polar surface area (TPSA) is 87.1 Å². The van der Waals surface area contributed by atoms with Gasteiger partial charge in [0, 0.05) is 6.54 Å². The van der Waals surface area contributed by atoms with Crippen molar-refractivity contribution in [2.24, 2.45) is 17.8 Å². The van der Waals surface area contributed by atoms with E-state index in [1.54, 1.807) is 12.1 Å². The molecular formula is C32H38BNO5. The first-order valence-corrected chi connectivity index (χ1v) is 14.4. The number of allylic oxidation sites excluding steroid dienone is 2. The Balaban J connectivity index is 1.46. The first kappa shape index (κ1) is 27.4. The monoisotopic (exact) mass is 527 g/mol. The molecule has 39 heavy (non-hydrogen) atoms. The molecule has 0 radical (unpaired) electrons. The summed E-state index contributed by atoms with van der Waals surface area (Å²) in [4.78, 5) is 28.2. The third-order valence-corrected chi connectivity index (χ3v) is 8.45. The number of phenolic OH excluding ortho intramolecular Hbond substituents is 1. The number of nitrogens with zero attached hydrogens (tertiary/aromatic N) is 1. The summed E-state index contributed by atoms with van der Waals surface area (Å²) < 4.78 is 6.20. The van der Waals surface area contributed by atoms with Gasteiger partial charge in [-0.25, -0.2) is 0 Å². The second-order valence-corrected chi connectivity index (χ2v) is 11.1. The first-order valence-electron chi connectivity index (χ1n) is 14.4. The smallest absolute Gasteiger partial charge is 0.455 e. The fraction of sp³-hybridized carbons (Fsp3) is 0.438. The Labute approximate surface area is 231 Å². The number of carbonyl (C=O) groups is 2. The summed E-state index contributed by atoms with van der Waals surface area (Å²) in [7, 11) is -0.963. The standard InChI is InChI=1S/C32H38BNO5/c1-3-8-24-19-26-30(32(37)34(17-4-2)31(26)36)27-20-33(38)39-28(29(24)27)16-13-23(22-9-6-5-7-10-22)18-21-11-14-25(35)15-12-21/h5-7,9-12,14-15,18,26-28,30,35,38H,3-4,8,13,16-17,19-20H2,1-2H3/b23-18-/t26-,27+,28-,30-/m1/s1. The van der Waals surface area contributed by atoms with Crippen LogP contribution in [-0.2, 0) is 14.2 Å². The molecule has 0 bridgehead atoms. The van der Waals surface area contributed by atoms with Gasteiger partial charge >= 0.3 is 7.12 Å². The van der Waals surface area contributed by atoms with Gasteiger partial charge in [0.15, 0.2) is 0 Å². The van der Waals surface area contributed by atoms with Gasteiger partial charge in [-0.15, -0.1) is 0 Å². The number of imide groups is 1. The number of likely N-dealkylation sites (tertiary alicyclic amines) is 1. The van der Waals surface area contributed by atoms with Crippen LogP contribution in [0.25, 0.3) is 11.6 Å². The minimum absolute atomic E-state index is 0.0415. The molecule has 0 saturated carbocycles. The molecule has 2 saturated heterocycles. The number of carbonyl (C=O) groups excluding carboxylic acids is 2. The quantitative estimate of drug-likeness (QED) is 0.189. The zero-order valence-corrected chi connectivity index (χ0v) is 22.9. The van der Waals surface area contributed by atoms with Crippen molar-refractivity contribution in [1.82, 2.24) is 4.90 Å². The van der Waals surface area contributed by atoms with Crippen LogP contribution in [0.15, 0.2) is 65.7 Å². The summed E-state index contributed by atoms with van der Waals surface area (Å²) in [5.74, 6) is -0.775. The molecule has 5 rings (SSSR count). The van der Waals surface area contributed by atoms with Crippen molar-refractivity contribution in [3.8, 4) is 5.75 Å². The van der Waals surface area contributed by atoms with Gasteiger partial charge in [0.25, 0.3) is 0 Å². The van der Waals surface area contributed by atoms with Crippen LogP contribution in [-0.4, -0.2) is 46.6 Å². The lowest BCUT2D eigenvalue weighted by Crippen LogP contribution is -2.46. The average molecular weight is 527 g/mol. The fourth-order valence-electron chi connectivity index (χ4n) is 6.82. The predicted octanol–water partition coefficient (Wildman–Crippen LogP) is 5.72. The lowest BCUT2D eigenvalue weighted by Gasteiger charge is -2.43. The van der Waals surface area contributed by atoms with Crippen LogP contribution in [0.1, 0.15) is 63.5 Å². The number of phenols is 1. The van der Waals surface area contributed by atoms with Crippen molar-refractivity contribution in [3.05, 3.63) is 76.9 Å². The highest BCUT2D eigenvalue weighted by molar-refractivity contribution is 6.43. The van der Waals surface area contributed by atoms with Crippen molar-refractivity contribution >= 4 is 30.6 Å². The van der Waals surface area contributed by atoms with Crippen LogP contribution in [0.4, 0.5) is 0 Å². The molecular weight excluding hydrogens is 489 g/mol. The molecule has 6 nitrogen and oxygen atoms in total. The second-order valence-electron chi connectivity index (χ2n) is 11.1. The second kappa shape index (κ2) is 11.9. The Morgan fingerprint density at radius 1 is 1.03 bits per heavy atom. The highest BCUT2D eigenvalue weighted by Crippen LogP contribution is 2.51. The van der Waals surface area contributed by atoms with Crippen molar-refractivity contribution < 1.29 is 24.4 Å². The maximum Gasteiger partial charge on any atom is 0.455 e. The Morgan fingerprint density at radius 2 is 1.77 bits per heavy atom. The molecule has 0 aromatic heterocycles. The SMILES string of the molecule is CCCC1=C2[C@@H](CC/C(=C/c3ccc(O)cc3)c3ccccc3)OB(O)C[C@@H]2[C@@H]2C(=O)N(CCC)C(=O)[C@@H]2C1. The van der Waals surface area contributed by atoms with Crippen molar-refractivity contribution in [3.63, 3.8) is 0 Å². The van der Waals surface area contributed by atoms with E-state index >= 15 is 0 Å². The summed E-state index contributed by atoms with van der Waals surface area (Å²) in [6.07, 6.45) is 6.72. The third kappa shape index (κ3) is 5.61. The van der Waals surface area contributed by atoms with Crippen LogP contribution in [0.5, 0.6) is 5.75 Å². The minimum atomic E-state index is -0.963. The first-order chi connectivity index (χ1) is 18.9. The number of hydrogen-bond acceptors (Lipinski definition) is 5. The van der Waals surface area contributed by atoms with Crippen molar-refractivity contribution in [2.45, 2.75) is 64.8 Å². The van der Waals surface area contributed by atoms with Crippen LogP contribution in [0.3, 0.4) is 0 Å². The highest BCUT2D eigenvalue weighted by atomic mass is 16.5. The molecule has 204 valence electrons. The highest BCUT2D eigenvalue weighted by Gasteiger charge is 2.56. The van der Waals surface area contributed by atoms with Gasteiger partial charge in [-0.3, -0.25) is 14.5 Å². The van der Waals surface area contributed by atoms with E-state index in [1.807, 2.05) is 37.3 Å². The Kier molecular flexibility index (Phi) is 8.38. The Hall–Kier alpha value is -3.16. The molecule has 4 atom stereocenters. The summed E-state index contributed by atoms with van der Waals surface area (Å²) >= 11 is 0. The van der Waals surface area contributed by atoms with Crippen molar-refractivity contribution in [2.75, 3.05) is 6.54 Å². The molecule has 2 aromatic carbocycles. The van der Waals surface area contributed by atoms with Crippen LogP contribution >= 0.6 is 0 Å². The number of fused-ring (bicyclic) bond motifs is 3.